The molecule has 0 saturated carbocycles. The summed E-state index contributed by atoms with van der Waals surface area (Å²) in [6.45, 7) is 0. The summed E-state index contributed by atoms with van der Waals surface area (Å²) in [6.07, 6.45) is 1.64. The van der Waals surface area contributed by atoms with Gasteiger partial charge in [-0.1, -0.05) is 45.7 Å². The van der Waals surface area contributed by atoms with E-state index >= 15 is 0 Å². The average Bonchev–Trinajstić information content (AvgIpc) is 2.89. The van der Waals surface area contributed by atoms with Gasteiger partial charge in [0.15, 0.2) is 0 Å². The Morgan fingerprint density at radius 2 is 1.89 bits per heavy atom. The fourth-order valence-corrected chi connectivity index (χ4v) is 3.08. The van der Waals surface area contributed by atoms with Gasteiger partial charge in [-0.2, -0.15) is 0 Å². The number of nitrogens with zero attached hydrogens (tertiary/aromatic N) is 2. The Labute approximate surface area is 128 Å². The van der Waals surface area contributed by atoms with E-state index in [1.807, 2.05) is 41.8 Å². The minimum atomic E-state index is 0.631. The van der Waals surface area contributed by atoms with Crippen LogP contribution in [0.25, 0.3) is 22.0 Å². The van der Waals surface area contributed by atoms with Crippen LogP contribution >= 0.6 is 38.9 Å². The molecule has 3 rings (SSSR count). The van der Waals surface area contributed by atoms with E-state index in [1.165, 1.54) is 0 Å². The van der Waals surface area contributed by atoms with Crippen molar-refractivity contribution in [2.75, 3.05) is 0 Å². The van der Waals surface area contributed by atoms with Gasteiger partial charge in [0.2, 0.25) is 0 Å². The molecule has 2 aromatic heterocycles. The molecule has 0 unspecified atom stereocenters. The first-order valence-electron chi connectivity index (χ1n) is 5.56. The summed E-state index contributed by atoms with van der Waals surface area (Å²) in [5.41, 5.74) is 2.87. The van der Waals surface area contributed by atoms with Crippen LogP contribution in [0.15, 0.2) is 52.4 Å². The monoisotopic (exact) mass is 350 g/mol. The van der Waals surface area contributed by atoms with Gasteiger partial charge >= 0.3 is 0 Å². The van der Waals surface area contributed by atoms with E-state index < -0.39 is 0 Å². The van der Waals surface area contributed by atoms with Crippen molar-refractivity contribution < 1.29 is 0 Å². The lowest BCUT2D eigenvalue weighted by atomic mass is 10.2. The van der Waals surface area contributed by atoms with E-state index in [0.717, 1.165) is 26.4 Å². The highest BCUT2D eigenvalue weighted by Gasteiger charge is 2.09. The maximum Gasteiger partial charge on any atom is 0.142 e. The fraction of sp³-hybridized carbons (Fsp3) is 0. The molecule has 5 heteroatoms. The Bertz CT molecular complexity index is 709. The second-order valence-electron chi connectivity index (χ2n) is 3.88. The first-order chi connectivity index (χ1) is 9.24. The quantitative estimate of drug-likeness (QED) is 0.627. The van der Waals surface area contributed by atoms with Gasteiger partial charge in [0.25, 0.3) is 0 Å². The predicted octanol–water partition coefficient (Wildman–Crippen LogP) is 5.29. The molecule has 0 N–H and O–H groups in total. The first-order valence-corrected chi connectivity index (χ1v) is 7.61. The summed E-state index contributed by atoms with van der Waals surface area (Å²) in [7, 11) is 0. The van der Waals surface area contributed by atoms with E-state index in [0.29, 0.717) is 5.02 Å². The molecule has 0 amide bonds. The number of hydrogen-bond donors (Lipinski definition) is 0. The molecule has 1 aromatic carbocycles. The number of thiazole rings is 1. The van der Waals surface area contributed by atoms with Crippen LogP contribution in [0.3, 0.4) is 0 Å². The topological polar surface area (TPSA) is 25.8 Å². The summed E-state index contributed by atoms with van der Waals surface area (Å²) in [4.78, 5) is 8.91. The van der Waals surface area contributed by atoms with Gasteiger partial charge in [-0.15, -0.1) is 11.3 Å². The normalized spacial score (nSPS) is 10.6. The molecular weight excluding hydrogens is 344 g/mol. The first kappa shape index (κ1) is 12.8. The molecular formula is C14H8BrClN2S. The van der Waals surface area contributed by atoms with Crippen molar-refractivity contribution in [3.05, 3.63) is 57.5 Å². The van der Waals surface area contributed by atoms with Crippen molar-refractivity contribution >= 4 is 38.9 Å². The summed E-state index contributed by atoms with van der Waals surface area (Å²) in [6, 6.07) is 11.7. The number of pyridine rings is 1. The summed E-state index contributed by atoms with van der Waals surface area (Å²) in [5.74, 6) is 0. The number of hydrogen-bond acceptors (Lipinski definition) is 3. The fourth-order valence-electron chi connectivity index (χ4n) is 1.69. The van der Waals surface area contributed by atoms with Crippen LogP contribution in [0, 0.1) is 0 Å². The van der Waals surface area contributed by atoms with Gasteiger partial charge in [0, 0.05) is 21.6 Å². The molecule has 2 heterocycles. The number of rotatable bonds is 2. The Morgan fingerprint density at radius 1 is 1.05 bits per heavy atom. The van der Waals surface area contributed by atoms with Gasteiger partial charge < -0.3 is 0 Å². The lowest BCUT2D eigenvalue weighted by molar-refractivity contribution is 1.29. The standard InChI is InChI=1S/C14H8BrClN2S/c15-11-4-2-1-3-10(11)13-8-19-14(18-13)12-6-5-9(16)7-17-12/h1-8H. The Kier molecular flexibility index (Phi) is 3.64. The lowest BCUT2D eigenvalue weighted by Gasteiger charge is -1.99. The molecule has 94 valence electrons. The van der Waals surface area contributed by atoms with E-state index in [1.54, 1.807) is 17.5 Å². The van der Waals surface area contributed by atoms with Crippen LogP contribution in [-0.4, -0.2) is 9.97 Å². The molecule has 0 aliphatic heterocycles. The zero-order valence-corrected chi connectivity index (χ0v) is 12.8. The zero-order chi connectivity index (χ0) is 13.2. The highest BCUT2D eigenvalue weighted by molar-refractivity contribution is 9.10. The summed E-state index contributed by atoms with van der Waals surface area (Å²) >= 11 is 10.9. The number of aromatic nitrogens is 2. The molecule has 0 fully saturated rings. The van der Waals surface area contributed by atoms with Crippen molar-refractivity contribution in [2.24, 2.45) is 0 Å². The van der Waals surface area contributed by atoms with Gasteiger partial charge in [-0.3, -0.25) is 4.98 Å². The molecule has 2 nitrogen and oxygen atoms in total. The van der Waals surface area contributed by atoms with Crippen molar-refractivity contribution in [1.82, 2.24) is 9.97 Å². The van der Waals surface area contributed by atoms with Crippen molar-refractivity contribution in [3.8, 4) is 22.0 Å². The van der Waals surface area contributed by atoms with Crippen LogP contribution in [0.1, 0.15) is 0 Å². The minimum absolute atomic E-state index is 0.631. The maximum atomic E-state index is 5.84. The van der Waals surface area contributed by atoms with Gasteiger partial charge in [-0.05, 0) is 18.2 Å². The van der Waals surface area contributed by atoms with E-state index in [9.17, 15) is 0 Å². The van der Waals surface area contributed by atoms with Crippen LogP contribution in [0.2, 0.25) is 5.02 Å². The predicted molar refractivity (Wildman–Crippen MR) is 83.5 cm³/mol. The van der Waals surface area contributed by atoms with Gasteiger partial charge in [0.05, 0.1) is 16.4 Å². The molecule has 3 aromatic rings. The Morgan fingerprint density at radius 3 is 2.63 bits per heavy atom. The highest BCUT2D eigenvalue weighted by Crippen LogP contribution is 2.32. The SMILES string of the molecule is Clc1ccc(-c2nc(-c3ccccc3Br)cs2)nc1. The third-order valence-electron chi connectivity index (χ3n) is 2.60. The highest BCUT2D eigenvalue weighted by atomic mass is 79.9. The van der Waals surface area contributed by atoms with Crippen molar-refractivity contribution in [3.63, 3.8) is 0 Å². The van der Waals surface area contributed by atoms with Crippen LogP contribution < -0.4 is 0 Å². The second kappa shape index (κ2) is 5.41. The van der Waals surface area contributed by atoms with Crippen LogP contribution in [0.4, 0.5) is 0 Å². The third-order valence-corrected chi connectivity index (χ3v) is 4.38. The molecule has 0 saturated heterocycles. The molecule has 0 radical (unpaired) electrons. The van der Waals surface area contributed by atoms with Crippen molar-refractivity contribution in [2.45, 2.75) is 0 Å². The summed E-state index contributed by atoms with van der Waals surface area (Å²) < 4.78 is 1.04. The number of benzene rings is 1. The number of halogens is 2. The third kappa shape index (κ3) is 2.71. The maximum absolute atomic E-state index is 5.84. The Hall–Kier alpha value is -1.23. The Balaban J connectivity index is 2.00. The molecule has 0 atom stereocenters. The molecule has 19 heavy (non-hydrogen) atoms. The minimum Gasteiger partial charge on any atom is -0.252 e. The van der Waals surface area contributed by atoms with E-state index in [2.05, 4.69) is 25.9 Å². The van der Waals surface area contributed by atoms with E-state index in [4.69, 9.17) is 11.6 Å². The molecule has 0 aliphatic rings. The van der Waals surface area contributed by atoms with Crippen LogP contribution in [0.5, 0.6) is 0 Å². The van der Waals surface area contributed by atoms with Crippen LogP contribution in [-0.2, 0) is 0 Å². The zero-order valence-electron chi connectivity index (χ0n) is 9.68. The van der Waals surface area contributed by atoms with E-state index in [-0.39, 0.29) is 0 Å². The van der Waals surface area contributed by atoms with Crippen molar-refractivity contribution in [1.29, 1.82) is 0 Å². The smallest absolute Gasteiger partial charge is 0.142 e. The van der Waals surface area contributed by atoms with Gasteiger partial charge in [0.1, 0.15) is 5.01 Å². The molecule has 0 bridgehead atoms. The summed E-state index contributed by atoms with van der Waals surface area (Å²) in [5, 5.41) is 3.56. The molecule has 0 spiro atoms. The average molecular weight is 352 g/mol. The second-order valence-corrected chi connectivity index (χ2v) is 6.03. The molecule has 0 aliphatic carbocycles. The lowest BCUT2D eigenvalue weighted by Crippen LogP contribution is -1.83. The largest absolute Gasteiger partial charge is 0.252 e. The van der Waals surface area contributed by atoms with Gasteiger partial charge in [-0.25, -0.2) is 4.98 Å².